The third-order valence-corrected chi connectivity index (χ3v) is 1.26. The second kappa shape index (κ2) is 3.81. The Morgan fingerprint density at radius 2 is 2.18 bits per heavy atom. The zero-order valence-electron chi connectivity index (χ0n) is 6.54. The molecule has 0 unspecified atom stereocenters. The molecule has 1 rings (SSSR count). The zero-order valence-corrected chi connectivity index (χ0v) is 6.54. The SMILES string of the molecule is C=CN=C1OCCO/C1=C/C. The van der Waals surface area contributed by atoms with Crippen LogP contribution >= 0.6 is 0 Å². The van der Waals surface area contributed by atoms with Gasteiger partial charge in [-0.1, -0.05) is 6.58 Å². The molecule has 60 valence electrons. The molecule has 0 amide bonds. The Labute approximate surface area is 66.0 Å². The van der Waals surface area contributed by atoms with Crippen LogP contribution in [0.3, 0.4) is 0 Å². The predicted molar refractivity (Wildman–Crippen MR) is 43.3 cm³/mol. The van der Waals surface area contributed by atoms with Crippen molar-refractivity contribution in [2.75, 3.05) is 13.2 Å². The fourth-order valence-electron chi connectivity index (χ4n) is 0.813. The number of ether oxygens (including phenoxy) is 2. The van der Waals surface area contributed by atoms with Crippen molar-refractivity contribution in [1.82, 2.24) is 0 Å². The van der Waals surface area contributed by atoms with Crippen LogP contribution in [0, 0.1) is 0 Å². The van der Waals surface area contributed by atoms with Gasteiger partial charge >= 0.3 is 0 Å². The molecule has 0 saturated carbocycles. The molecule has 0 N–H and O–H groups in total. The first-order valence-electron chi connectivity index (χ1n) is 3.49. The molecule has 0 aromatic heterocycles. The van der Waals surface area contributed by atoms with Gasteiger partial charge in [-0.25, -0.2) is 4.99 Å². The molecule has 1 saturated heterocycles. The van der Waals surface area contributed by atoms with Crippen molar-refractivity contribution in [3.8, 4) is 0 Å². The van der Waals surface area contributed by atoms with Gasteiger partial charge in [0.25, 0.3) is 5.90 Å². The first kappa shape index (κ1) is 7.85. The van der Waals surface area contributed by atoms with Gasteiger partial charge in [-0.05, 0) is 13.0 Å². The fourth-order valence-corrected chi connectivity index (χ4v) is 0.813. The van der Waals surface area contributed by atoms with Crippen LogP contribution in [-0.4, -0.2) is 19.1 Å². The lowest BCUT2D eigenvalue weighted by atomic mass is 10.4. The minimum absolute atomic E-state index is 0.522. The van der Waals surface area contributed by atoms with Crippen molar-refractivity contribution in [2.24, 2.45) is 4.99 Å². The molecule has 0 aromatic carbocycles. The summed E-state index contributed by atoms with van der Waals surface area (Å²) in [6.07, 6.45) is 3.26. The van der Waals surface area contributed by atoms with E-state index in [0.717, 1.165) is 0 Å². The Balaban J connectivity index is 2.74. The van der Waals surface area contributed by atoms with E-state index in [1.807, 2.05) is 13.0 Å². The van der Waals surface area contributed by atoms with E-state index in [1.54, 1.807) is 0 Å². The van der Waals surface area contributed by atoms with Gasteiger partial charge in [-0.15, -0.1) is 0 Å². The Kier molecular flexibility index (Phi) is 2.72. The lowest BCUT2D eigenvalue weighted by molar-refractivity contribution is 0.117. The van der Waals surface area contributed by atoms with E-state index in [4.69, 9.17) is 9.47 Å². The monoisotopic (exact) mass is 153 g/mol. The average molecular weight is 153 g/mol. The lowest BCUT2D eigenvalue weighted by Gasteiger charge is -2.18. The third-order valence-electron chi connectivity index (χ3n) is 1.26. The van der Waals surface area contributed by atoms with E-state index in [9.17, 15) is 0 Å². The summed E-state index contributed by atoms with van der Waals surface area (Å²) in [4.78, 5) is 3.90. The zero-order chi connectivity index (χ0) is 8.10. The molecule has 1 heterocycles. The van der Waals surface area contributed by atoms with Crippen LogP contribution in [0.1, 0.15) is 6.92 Å². The van der Waals surface area contributed by atoms with Gasteiger partial charge in [0.05, 0.1) is 0 Å². The smallest absolute Gasteiger partial charge is 0.256 e. The lowest BCUT2D eigenvalue weighted by Crippen LogP contribution is -2.21. The van der Waals surface area contributed by atoms with Gasteiger partial charge < -0.3 is 9.47 Å². The molecule has 0 atom stereocenters. The molecule has 0 bridgehead atoms. The fraction of sp³-hybridized carbons (Fsp3) is 0.375. The molecule has 11 heavy (non-hydrogen) atoms. The van der Waals surface area contributed by atoms with E-state index in [0.29, 0.717) is 24.9 Å². The topological polar surface area (TPSA) is 30.8 Å². The van der Waals surface area contributed by atoms with Gasteiger partial charge in [0.2, 0.25) is 0 Å². The van der Waals surface area contributed by atoms with E-state index in [-0.39, 0.29) is 0 Å². The average Bonchev–Trinajstić information content (AvgIpc) is 2.06. The largest absolute Gasteiger partial charge is 0.485 e. The van der Waals surface area contributed by atoms with Gasteiger partial charge in [-0.3, -0.25) is 0 Å². The molecular weight excluding hydrogens is 142 g/mol. The highest BCUT2D eigenvalue weighted by Gasteiger charge is 2.13. The molecule has 0 spiro atoms. The minimum atomic E-state index is 0.522. The van der Waals surface area contributed by atoms with E-state index >= 15 is 0 Å². The van der Waals surface area contributed by atoms with E-state index in [2.05, 4.69) is 11.6 Å². The Bertz CT molecular complexity index is 206. The number of nitrogens with zero attached hydrogens (tertiary/aromatic N) is 1. The Morgan fingerprint density at radius 3 is 2.82 bits per heavy atom. The molecule has 1 aliphatic heterocycles. The molecule has 3 nitrogen and oxygen atoms in total. The van der Waals surface area contributed by atoms with Crippen LogP contribution in [0.5, 0.6) is 0 Å². The number of allylic oxidation sites excluding steroid dienone is 1. The maximum Gasteiger partial charge on any atom is 0.256 e. The maximum absolute atomic E-state index is 5.25. The predicted octanol–water partition coefficient (Wildman–Crippen LogP) is 1.48. The summed E-state index contributed by atoms with van der Waals surface area (Å²) in [5.41, 5.74) is 0. The standard InChI is InChI=1S/C8H11NO2/c1-3-7-8(9-4-2)11-6-5-10-7/h3-4H,2,5-6H2,1H3/b7-3+,9-8?. The molecule has 0 radical (unpaired) electrons. The van der Waals surface area contributed by atoms with Gasteiger partial charge in [0, 0.05) is 6.20 Å². The molecule has 3 heteroatoms. The molecule has 0 aliphatic carbocycles. The Morgan fingerprint density at radius 1 is 1.45 bits per heavy atom. The Hall–Kier alpha value is -1.25. The molecule has 1 fully saturated rings. The summed E-state index contributed by atoms with van der Waals surface area (Å²) < 4.78 is 10.5. The quantitative estimate of drug-likeness (QED) is 0.571. The van der Waals surface area contributed by atoms with Crippen molar-refractivity contribution < 1.29 is 9.47 Å². The highest BCUT2D eigenvalue weighted by atomic mass is 16.6. The summed E-state index contributed by atoms with van der Waals surface area (Å²) in [7, 11) is 0. The van der Waals surface area contributed by atoms with Crippen LogP contribution in [0.4, 0.5) is 0 Å². The summed E-state index contributed by atoms with van der Waals surface area (Å²) >= 11 is 0. The number of hydrogen-bond donors (Lipinski definition) is 0. The van der Waals surface area contributed by atoms with Crippen LogP contribution in [0.25, 0.3) is 0 Å². The van der Waals surface area contributed by atoms with E-state index < -0.39 is 0 Å². The highest BCUT2D eigenvalue weighted by Crippen LogP contribution is 2.08. The first-order valence-corrected chi connectivity index (χ1v) is 3.49. The molecule has 0 aromatic rings. The van der Waals surface area contributed by atoms with Gasteiger partial charge in [0.1, 0.15) is 13.2 Å². The van der Waals surface area contributed by atoms with Gasteiger partial charge in [0.15, 0.2) is 5.76 Å². The summed E-state index contributed by atoms with van der Waals surface area (Å²) in [6.45, 7) is 6.50. The third kappa shape index (κ3) is 1.83. The number of aliphatic imine (C=N–C) groups is 1. The van der Waals surface area contributed by atoms with Crippen LogP contribution in [-0.2, 0) is 9.47 Å². The molecular formula is C8H11NO2. The van der Waals surface area contributed by atoms with Crippen LogP contribution < -0.4 is 0 Å². The summed E-state index contributed by atoms with van der Waals surface area (Å²) in [6, 6.07) is 0. The molecule has 1 aliphatic rings. The maximum atomic E-state index is 5.25. The van der Waals surface area contributed by atoms with Crippen molar-refractivity contribution in [1.29, 1.82) is 0 Å². The normalized spacial score (nSPS) is 24.5. The highest BCUT2D eigenvalue weighted by molar-refractivity contribution is 5.92. The van der Waals surface area contributed by atoms with Crippen molar-refractivity contribution in [3.63, 3.8) is 0 Å². The number of rotatable bonds is 1. The van der Waals surface area contributed by atoms with Crippen LogP contribution in [0.15, 0.2) is 29.6 Å². The number of hydrogen-bond acceptors (Lipinski definition) is 3. The second-order valence-electron chi connectivity index (χ2n) is 1.97. The van der Waals surface area contributed by atoms with Gasteiger partial charge in [-0.2, -0.15) is 0 Å². The first-order chi connectivity index (χ1) is 5.38. The van der Waals surface area contributed by atoms with E-state index in [1.165, 1.54) is 6.20 Å². The summed E-state index contributed by atoms with van der Waals surface area (Å²) in [5.74, 6) is 1.21. The van der Waals surface area contributed by atoms with Crippen molar-refractivity contribution >= 4 is 5.90 Å². The summed E-state index contributed by atoms with van der Waals surface area (Å²) in [5, 5.41) is 0. The second-order valence-corrected chi connectivity index (χ2v) is 1.97. The van der Waals surface area contributed by atoms with Crippen molar-refractivity contribution in [3.05, 3.63) is 24.6 Å². The van der Waals surface area contributed by atoms with Crippen molar-refractivity contribution in [2.45, 2.75) is 6.92 Å². The minimum Gasteiger partial charge on any atom is -0.485 e. The van der Waals surface area contributed by atoms with Crippen LogP contribution in [0.2, 0.25) is 0 Å².